The molecule has 0 unspecified atom stereocenters. The van der Waals surface area contributed by atoms with Crippen LogP contribution in [0.4, 0.5) is 0 Å². The van der Waals surface area contributed by atoms with Crippen LogP contribution in [-0.4, -0.2) is 60.0 Å². The molecule has 1 fully saturated rings. The van der Waals surface area contributed by atoms with Crippen molar-refractivity contribution in [3.63, 3.8) is 0 Å². The van der Waals surface area contributed by atoms with Crippen LogP contribution < -0.4 is 10.6 Å². The molecule has 0 radical (unpaired) electrons. The molecule has 0 saturated carbocycles. The average molecular weight is 273 g/mol. The molecule has 3 N–H and O–H groups in total. The summed E-state index contributed by atoms with van der Waals surface area (Å²) in [4.78, 5) is 21.7. The van der Waals surface area contributed by atoms with Crippen LogP contribution in [0.15, 0.2) is 24.4 Å². The zero-order chi connectivity index (χ0) is 13.8. The highest BCUT2D eigenvalue weighted by atomic mass is 16.1. The Kier molecular flexibility index (Phi) is 3.94. The van der Waals surface area contributed by atoms with Gasteiger partial charge in [0.05, 0.1) is 11.0 Å². The molecular weight excluding hydrogens is 254 g/mol. The summed E-state index contributed by atoms with van der Waals surface area (Å²) >= 11 is 0. The van der Waals surface area contributed by atoms with Crippen molar-refractivity contribution in [3.8, 4) is 0 Å². The van der Waals surface area contributed by atoms with Crippen molar-refractivity contribution in [2.75, 3.05) is 39.3 Å². The van der Waals surface area contributed by atoms with Gasteiger partial charge in [0, 0.05) is 45.5 Å². The second-order valence-electron chi connectivity index (χ2n) is 4.97. The number of aromatic amines is 1. The Balaban J connectivity index is 1.53. The number of fused-ring (bicyclic) bond motifs is 1. The Hall–Kier alpha value is -1.92. The second-order valence-corrected chi connectivity index (χ2v) is 4.97. The van der Waals surface area contributed by atoms with E-state index in [0.29, 0.717) is 12.2 Å². The number of aromatic nitrogens is 2. The van der Waals surface area contributed by atoms with Gasteiger partial charge in [-0.25, -0.2) is 0 Å². The Labute approximate surface area is 117 Å². The minimum absolute atomic E-state index is 0.0712. The molecule has 1 aliphatic rings. The summed E-state index contributed by atoms with van der Waals surface area (Å²) in [6.07, 6.45) is 1.72. The van der Waals surface area contributed by atoms with Gasteiger partial charge in [-0.15, -0.1) is 0 Å². The lowest BCUT2D eigenvalue weighted by Gasteiger charge is -2.26. The highest BCUT2D eigenvalue weighted by Crippen LogP contribution is 2.11. The summed E-state index contributed by atoms with van der Waals surface area (Å²) in [7, 11) is 0. The van der Waals surface area contributed by atoms with E-state index in [-0.39, 0.29) is 5.91 Å². The zero-order valence-corrected chi connectivity index (χ0v) is 11.4. The first-order valence-corrected chi connectivity index (χ1v) is 6.98. The van der Waals surface area contributed by atoms with Gasteiger partial charge in [0.25, 0.3) is 5.91 Å². The highest BCUT2D eigenvalue weighted by Gasteiger charge is 2.11. The van der Waals surface area contributed by atoms with Gasteiger partial charge in [0.1, 0.15) is 5.69 Å². The summed E-state index contributed by atoms with van der Waals surface area (Å²) in [6.45, 7) is 5.72. The maximum atomic E-state index is 12.1. The molecular formula is C14H19N5O. The van der Waals surface area contributed by atoms with E-state index < -0.39 is 0 Å². The van der Waals surface area contributed by atoms with E-state index >= 15 is 0 Å². The molecule has 0 bridgehead atoms. The van der Waals surface area contributed by atoms with Gasteiger partial charge in [0.15, 0.2) is 0 Å². The van der Waals surface area contributed by atoms with Crippen molar-refractivity contribution in [3.05, 3.63) is 30.1 Å². The van der Waals surface area contributed by atoms with E-state index in [1.54, 1.807) is 12.3 Å². The fourth-order valence-electron chi connectivity index (χ4n) is 2.44. The fraction of sp³-hybridized carbons (Fsp3) is 0.429. The van der Waals surface area contributed by atoms with Crippen LogP contribution in [0.3, 0.4) is 0 Å². The lowest BCUT2D eigenvalue weighted by molar-refractivity contribution is 0.0943. The number of piperazine rings is 1. The molecule has 0 aromatic carbocycles. The predicted molar refractivity (Wildman–Crippen MR) is 77.7 cm³/mol. The Morgan fingerprint density at radius 1 is 1.40 bits per heavy atom. The molecule has 20 heavy (non-hydrogen) atoms. The number of pyridine rings is 1. The summed E-state index contributed by atoms with van der Waals surface area (Å²) in [5.41, 5.74) is 2.28. The number of nitrogens with zero attached hydrogens (tertiary/aromatic N) is 2. The summed E-state index contributed by atoms with van der Waals surface area (Å²) < 4.78 is 0. The van der Waals surface area contributed by atoms with Gasteiger partial charge in [0.2, 0.25) is 0 Å². The summed E-state index contributed by atoms with van der Waals surface area (Å²) in [5.74, 6) is -0.0712. The fourth-order valence-corrected chi connectivity index (χ4v) is 2.44. The SMILES string of the molecule is O=C(NCCN1CCNCC1)c1cc2ncccc2[nH]1. The van der Waals surface area contributed by atoms with E-state index in [4.69, 9.17) is 0 Å². The van der Waals surface area contributed by atoms with Crippen molar-refractivity contribution in [1.82, 2.24) is 25.5 Å². The standard InChI is InChI=1S/C14H19N5O/c20-14(17-6-9-19-7-4-15-5-8-19)13-10-12-11(18-13)2-1-3-16-12/h1-3,10,15,18H,4-9H2,(H,17,20). The molecule has 6 nitrogen and oxygen atoms in total. The number of carbonyl (C=O) groups is 1. The quantitative estimate of drug-likeness (QED) is 0.744. The molecule has 2 aromatic heterocycles. The van der Waals surface area contributed by atoms with Crippen molar-refractivity contribution in [2.24, 2.45) is 0 Å². The zero-order valence-electron chi connectivity index (χ0n) is 11.4. The van der Waals surface area contributed by atoms with Crippen molar-refractivity contribution < 1.29 is 4.79 Å². The largest absolute Gasteiger partial charge is 0.349 e. The van der Waals surface area contributed by atoms with Crippen LogP contribution in [0, 0.1) is 0 Å². The Morgan fingerprint density at radius 2 is 2.25 bits per heavy atom. The van der Waals surface area contributed by atoms with Gasteiger partial charge >= 0.3 is 0 Å². The molecule has 0 atom stereocenters. The molecule has 1 saturated heterocycles. The Morgan fingerprint density at radius 3 is 3.05 bits per heavy atom. The number of nitrogens with one attached hydrogen (secondary N) is 3. The minimum Gasteiger partial charge on any atom is -0.349 e. The average Bonchev–Trinajstić information content (AvgIpc) is 2.92. The van der Waals surface area contributed by atoms with Gasteiger partial charge in [-0.05, 0) is 18.2 Å². The first-order valence-electron chi connectivity index (χ1n) is 6.98. The lowest BCUT2D eigenvalue weighted by atomic mass is 10.3. The molecule has 6 heteroatoms. The maximum absolute atomic E-state index is 12.1. The van der Waals surface area contributed by atoms with Crippen LogP contribution >= 0.6 is 0 Å². The lowest BCUT2D eigenvalue weighted by Crippen LogP contribution is -2.46. The molecule has 3 heterocycles. The third kappa shape index (κ3) is 2.97. The molecule has 106 valence electrons. The van der Waals surface area contributed by atoms with E-state index in [2.05, 4.69) is 25.5 Å². The van der Waals surface area contributed by atoms with Crippen LogP contribution in [0.1, 0.15) is 10.5 Å². The Bertz CT molecular complexity index is 555. The number of hydrogen-bond donors (Lipinski definition) is 3. The maximum Gasteiger partial charge on any atom is 0.267 e. The van der Waals surface area contributed by atoms with Crippen LogP contribution in [0.25, 0.3) is 11.0 Å². The molecule has 1 aliphatic heterocycles. The number of rotatable bonds is 4. The van der Waals surface area contributed by atoms with E-state index in [1.165, 1.54) is 0 Å². The summed E-state index contributed by atoms with van der Waals surface area (Å²) in [5, 5.41) is 6.26. The smallest absolute Gasteiger partial charge is 0.267 e. The molecule has 1 amide bonds. The molecule has 2 aromatic rings. The van der Waals surface area contributed by atoms with E-state index in [9.17, 15) is 4.79 Å². The molecule has 3 rings (SSSR count). The van der Waals surface area contributed by atoms with Crippen LogP contribution in [-0.2, 0) is 0 Å². The van der Waals surface area contributed by atoms with Gasteiger partial charge in [-0.3, -0.25) is 14.7 Å². The first kappa shape index (κ1) is 13.1. The first-order chi connectivity index (χ1) is 9.83. The van der Waals surface area contributed by atoms with Crippen LogP contribution in [0.2, 0.25) is 0 Å². The van der Waals surface area contributed by atoms with Crippen molar-refractivity contribution >= 4 is 16.9 Å². The van der Waals surface area contributed by atoms with Crippen molar-refractivity contribution in [2.45, 2.75) is 0 Å². The topological polar surface area (TPSA) is 73.1 Å². The summed E-state index contributed by atoms with van der Waals surface area (Å²) in [6, 6.07) is 5.56. The third-order valence-electron chi connectivity index (χ3n) is 3.56. The van der Waals surface area contributed by atoms with Gasteiger partial charge in [-0.2, -0.15) is 0 Å². The molecule has 0 spiro atoms. The second kappa shape index (κ2) is 6.02. The monoisotopic (exact) mass is 273 g/mol. The van der Waals surface area contributed by atoms with Crippen LogP contribution in [0.5, 0.6) is 0 Å². The van der Waals surface area contributed by atoms with Gasteiger partial charge in [-0.1, -0.05) is 0 Å². The van der Waals surface area contributed by atoms with Gasteiger partial charge < -0.3 is 15.6 Å². The number of carbonyl (C=O) groups excluding carboxylic acids is 1. The van der Waals surface area contributed by atoms with E-state index in [1.807, 2.05) is 12.1 Å². The molecule has 0 aliphatic carbocycles. The minimum atomic E-state index is -0.0712. The van der Waals surface area contributed by atoms with E-state index in [0.717, 1.165) is 43.8 Å². The predicted octanol–water partition coefficient (Wildman–Crippen LogP) is 0.198. The third-order valence-corrected chi connectivity index (χ3v) is 3.56. The number of hydrogen-bond acceptors (Lipinski definition) is 4. The number of amides is 1. The highest BCUT2D eigenvalue weighted by molar-refractivity contribution is 5.96. The van der Waals surface area contributed by atoms with Crippen molar-refractivity contribution in [1.29, 1.82) is 0 Å². The number of H-pyrrole nitrogens is 1. The normalized spacial score (nSPS) is 16.4.